The van der Waals surface area contributed by atoms with Crippen molar-refractivity contribution in [2.75, 3.05) is 0 Å². The van der Waals surface area contributed by atoms with Crippen molar-refractivity contribution >= 4 is 12.2 Å². The number of halogens is 2. The predicted molar refractivity (Wildman–Crippen MR) is 83.5 cm³/mol. The number of benzene rings is 2. The van der Waals surface area contributed by atoms with Crippen molar-refractivity contribution in [1.29, 1.82) is 0 Å². The van der Waals surface area contributed by atoms with Crippen molar-refractivity contribution in [3.63, 3.8) is 0 Å². The zero-order chi connectivity index (χ0) is 14.0. The summed E-state index contributed by atoms with van der Waals surface area (Å²) >= 11 is -0.547. The van der Waals surface area contributed by atoms with Crippen molar-refractivity contribution in [2.24, 2.45) is 5.92 Å². The van der Waals surface area contributed by atoms with Crippen LogP contribution in [0.3, 0.4) is 0 Å². The first-order chi connectivity index (χ1) is 10.3. The number of hydrogen-bond acceptors (Lipinski definition) is 0. The number of hydrogen-bond donors (Lipinski definition) is 0. The molecule has 3 aliphatic rings. The normalized spacial score (nSPS) is 25.0. The number of rotatable bonds is 0. The SMILES string of the molecule is CC1C2=Cc3ccccc3[C@@H]2[Zr+2][C@H]2C1=Cc1ccccc12.[Cl-].[Cl-]. The molecule has 0 amide bonds. The molecule has 0 N–H and O–H groups in total. The molecule has 1 aliphatic heterocycles. The largest absolute Gasteiger partial charge is 1.00 e. The molecule has 5 rings (SSSR count). The van der Waals surface area contributed by atoms with Crippen molar-refractivity contribution in [2.45, 2.75) is 14.2 Å². The van der Waals surface area contributed by atoms with Gasteiger partial charge in [-0.2, -0.15) is 0 Å². The zero-order valence-electron chi connectivity index (χ0n) is 12.8. The van der Waals surface area contributed by atoms with Crippen LogP contribution in [-0.4, -0.2) is 0 Å². The maximum atomic E-state index is 2.49. The van der Waals surface area contributed by atoms with Gasteiger partial charge in [0, 0.05) is 0 Å². The number of fused-ring (bicyclic) bond motifs is 6. The first kappa shape index (κ1) is 17.2. The summed E-state index contributed by atoms with van der Waals surface area (Å²) in [6, 6.07) is 18.1. The topological polar surface area (TPSA) is 0 Å². The van der Waals surface area contributed by atoms with Crippen LogP contribution in [0.2, 0.25) is 0 Å². The van der Waals surface area contributed by atoms with Gasteiger partial charge >= 0.3 is 137 Å². The smallest absolute Gasteiger partial charge is 1.00 e. The molecule has 3 atom stereocenters. The van der Waals surface area contributed by atoms with Crippen LogP contribution in [0.5, 0.6) is 0 Å². The molecule has 1 saturated heterocycles. The quantitative estimate of drug-likeness (QED) is 0.515. The van der Waals surface area contributed by atoms with E-state index in [1.807, 2.05) is 0 Å². The van der Waals surface area contributed by atoms with E-state index in [-0.39, 0.29) is 24.8 Å². The van der Waals surface area contributed by atoms with Crippen LogP contribution in [0.1, 0.15) is 36.4 Å². The minimum absolute atomic E-state index is 0. The molecule has 0 spiro atoms. The average molecular weight is 418 g/mol. The standard InChI is InChI=1S/C20H16.2ClH.Zr/c1-14(19-10-15-6-2-3-7-16(15)11-19)20-12-17-8-4-5-9-18(17)13-20;;;/h2-14H,1H3;2*1H;/q;;;+2/p-2. The third kappa shape index (κ3) is 2.44. The molecule has 2 aliphatic carbocycles. The van der Waals surface area contributed by atoms with E-state index in [0.717, 1.165) is 7.25 Å². The van der Waals surface area contributed by atoms with Crippen LogP contribution in [0.15, 0.2) is 59.7 Å². The third-order valence-electron chi connectivity index (χ3n) is 5.26. The molecule has 2 aromatic rings. The van der Waals surface area contributed by atoms with Crippen molar-refractivity contribution in [1.82, 2.24) is 0 Å². The van der Waals surface area contributed by atoms with Gasteiger partial charge in [-0.15, -0.1) is 0 Å². The second-order valence-electron chi connectivity index (χ2n) is 6.30. The Morgan fingerprint density at radius 2 is 1.13 bits per heavy atom. The van der Waals surface area contributed by atoms with E-state index in [2.05, 4.69) is 67.6 Å². The average Bonchev–Trinajstić information content (AvgIpc) is 3.07. The molecule has 3 heteroatoms. The minimum atomic E-state index is -0.547. The fourth-order valence-corrected chi connectivity index (χ4v) is 9.76. The Morgan fingerprint density at radius 1 is 0.696 bits per heavy atom. The summed E-state index contributed by atoms with van der Waals surface area (Å²) in [5, 5.41) is 0. The van der Waals surface area contributed by atoms with Crippen LogP contribution in [0.4, 0.5) is 0 Å². The molecular weight excluding hydrogens is 402 g/mol. The molecule has 1 fully saturated rings. The Balaban J connectivity index is 0.000000781. The monoisotopic (exact) mass is 416 g/mol. The van der Waals surface area contributed by atoms with Crippen LogP contribution in [-0.2, 0) is 23.2 Å². The maximum Gasteiger partial charge on any atom is -1.00 e. The first-order valence-electron chi connectivity index (χ1n) is 7.70. The molecule has 2 aromatic carbocycles. The summed E-state index contributed by atoms with van der Waals surface area (Å²) in [6.07, 6.45) is 4.98. The summed E-state index contributed by atoms with van der Waals surface area (Å²) < 4.78 is 1.60. The Labute approximate surface area is 161 Å². The van der Waals surface area contributed by atoms with E-state index in [1.54, 1.807) is 22.3 Å². The van der Waals surface area contributed by atoms with Crippen LogP contribution in [0, 0.1) is 5.92 Å². The molecule has 23 heavy (non-hydrogen) atoms. The summed E-state index contributed by atoms with van der Waals surface area (Å²) in [5.41, 5.74) is 9.62. The van der Waals surface area contributed by atoms with Gasteiger partial charge in [-0.1, -0.05) is 0 Å². The van der Waals surface area contributed by atoms with E-state index >= 15 is 0 Å². The second-order valence-corrected chi connectivity index (χ2v) is 9.96. The van der Waals surface area contributed by atoms with Crippen LogP contribution < -0.4 is 24.8 Å². The Bertz CT molecular complexity index is 754. The molecule has 0 nitrogen and oxygen atoms in total. The third-order valence-corrected chi connectivity index (χ3v) is 10.1. The number of allylic oxidation sites excluding steroid dienone is 2. The minimum Gasteiger partial charge on any atom is -1.00 e. The van der Waals surface area contributed by atoms with Gasteiger partial charge in [0.15, 0.2) is 0 Å². The Hall–Kier alpha value is -0.617. The maximum absolute atomic E-state index is 2.49. The van der Waals surface area contributed by atoms with Crippen molar-refractivity contribution < 1.29 is 48.0 Å². The van der Waals surface area contributed by atoms with Gasteiger partial charge in [0.1, 0.15) is 0 Å². The van der Waals surface area contributed by atoms with Gasteiger partial charge in [0.2, 0.25) is 0 Å². The Kier molecular flexibility index (Phi) is 4.76. The predicted octanol–water partition coefficient (Wildman–Crippen LogP) is -0.997. The van der Waals surface area contributed by atoms with E-state index in [9.17, 15) is 0 Å². The van der Waals surface area contributed by atoms with Crippen molar-refractivity contribution in [3.8, 4) is 0 Å². The molecule has 0 bridgehead atoms. The fourth-order valence-electron chi connectivity index (χ4n) is 4.18. The zero-order valence-corrected chi connectivity index (χ0v) is 16.7. The Morgan fingerprint density at radius 3 is 1.61 bits per heavy atom. The molecule has 0 saturated carbocycles. The molecule has 1 heterocycles. The van der Waals surface area contributed by atoms with Gasteiger partial charge in [0.25, 0.3) is 0 Å². The molecule has 1 unspecified atom stereocenters. The van der Waals surface area contributed by atoms with E-state index in [4.69, 9.17) is 0 Å². The summed E-state index contributed by atoms with van der Waals surface area (Å²) in [6.45, 7) is 2.42. The molecule has 114 valence electrons. The second kappa shape index (κ2) is 6.36. The molecule has 0 aromatic heterocycles. The van der Waals surface area contributed by atoms with Gasteiger partial charge in [-0.3, -0.25) is 0 Å². The van der Waals surface area contributed by atoms with Gasteiger partial charge in [0.05, 0.1) is 0 Å². The van der Waals surface area contributed by atoms with Crippen LogP contribution >= 0.6 is 0 Å². The van der Waals surface area contributed by atoms with Gasteiger partial charge in [-0.05, 0) is 0 Å². The van der Waals surface area contributed by atoms with Gasteiger partial charge < -0.3 is 24.8 Å². The van der Waals surface area contributed by atoms with E-state index in [0.29, 0.717) is 5.92 Å². The molecular formula is C20H16Cl2Zr. The fraction of sp³-hybridized carbons (Fsp3) is 0.200. The van der Waals surface area contributed by atoms with E-state index in [1.165, 1.54) is 11.1 Å². The summed E-state index contributed by atoms with van der Waals surface area (Å²) in [5.74, 6) is 0.620. The van der Waals surface area contributed by atoms with Gasteiger partial charge in [-0.25, -0.2) is 0 Å². The summed E-state index contributed by atoms with van der Waals surface area (Å²) in [7, 11) is 0. The molecule has 0 radical (unpaired) electrons. The van der Waals surface area contributed by atoms with Crippen LogP contribution in [0.25, 0.3) is 12.2 Å². The van der Waals surface area contributed by atoms with E-state index < -0.39 is 23.2 Å². The first-order valence-corrected chi connectivity index (χ1v) is 10.5. The summed E-state index contributed by atoms with van der Waals surface area (Å²) in [4.78, 5) is 0. The van der Waals surface area contributed by atoms with Crippen molar-refractivity contribution in [3.05, 3.63) is 81.9 Å².